The fourth-order valence-electron chi connectivity index (χ4n) is 1.79. The smallest absolute Gasteiger partial charge is 0.142 e. The number of para-hydroxylation sites is 2. The average molecular weight is 260 g/mol. The van der Waals surface area contributed by atoms with Gasteiger partial charge in [0.25, 0.3) is 0 Å². The second-order valence-electron chi connectivity index (χ2n) is 5.84. The Labute approximate surface area is 116 Å². The highest BCUT2D eigenvalue weighted by atomic mass is 16.5. The highest BCUT2D eigenvalue weighted by Crippen LogP contribution is 2.28. The van der Waals surface area contributed by atoms with Gasteiger partial charge in [-0.05, 0) is 37.8 Å². The zero-order valence-electron chi connectivity index (χ0n) is 12.4. The van der Waals surface area contributed by atoms with Crippen LogP contribution in [0.2, 0.25) is 0 Å². The van der Waals surface area contributed by atoms with Gasteiger partial charge in [-0.15, -0.1) is 0 Å². The Morgan fingerprint density at radius 2 is 2.00 bits per heavy atom. The van der Waals surface area contributed by atoms with Crippen molar-refractivity contribution in [1.82, 2.24) is 0 Å². The Morgan fingerprint density at radius 1 is 1.32 bits per heavy atom. The topological polar surface area (TPSA) is 45.0 Å². The lowest BCUT2D eigenvalue weighted by Crippen LogP contribution is -2.23. The molecule has 0 aromatic heterocycles. The third-order valence-corrected chi connectivity index (χ3v) is 2.92. The molecule has 0 saturated carbocycles. The predicted octanol–water partition coefficient (Wildman–Crippen LogP) is 4.22. The molecule has 0 fully saturated rings. The second-order valence-corrected chi connectivity index (χ2v) is 5.84. The monoisotopic (exact) mass is 260 g/mol. The number of anilines is 1. The van der Waals surface area contributed by atoms with Gasteiger partial charge in [0.15, 0.2) is 0 Å². The van der Waals surface area contributed by atoms with Crippen LogP contribution in [0.1, 0.15) is 40.5 Å². The minimum absolute atomic E-state index is 0.0979. The molecule has 3 nitrogen and oxygen atoms in total. The lowest BCUT2D eigenvalue weighted by Gasteiger charge is -2.25. The van der Waals surface area contributed by atoms with Crippen molar-refractivity contribution < 1.29 is 4.74 Å². The van der Waals surface area contributed by atoms with Gasteiger partial charge < -0.3 is 10.1 Å². The molecule has 1 aromatic rings. The molecule has 0 heterocycles. The molecule has 0 aliphatic rings. The van der Waals surface area contributed by atoms with Crippen molar-refractivity contribution in [2.45, 2.75) is 46.6 Å². The van der Waals surface area contributed by atoms with E-state index in [0.29, 0.717) is 6.42 Å². The summed E-state index contributed by atoms with van der Waals surface area (Å²) in [5.74, 6) is 0.883. The van der Waals surface area contributed by atoms with Crippen LogP contribution < -0.4 is 10.1 Å². The van der Waals surface area contributed by atoms with Gasteiger partial charge in [-0.3, -0.25) is 0 Å². The average Bonchev–Trinajstić information content (AvgIpc) is 2.35. The fraction of sp³-hybridized carbons (Fsp3) is 0.562. The van der Waals surface area contributed by atoms with Crippen molar-refractivity contribution in [1.29, 1.82) is 5.26 Å². The van der Waals surface area contributed by atoms with E-state index in [9.17, 15) is 0 Å². The standard InChI is InChI=1S/C16H24N2O/c1-13(2)19-15-9-6-5-8-14(15)18-12-16(3,4)10-7-11-17/h5-6,8-9,13,18H,7,10,12H2,1-4H3. The lowest BCUT2D eigenvalue weighted by molar-refractivity contribution is 0.243. The molecule has 104 valence electrons. The molecule has 19 heavy (non-hydrogen) atoms. The number of hydrogen-bond acceptors (Lipinski definition) is 3. The number of benzene rings is 1. The molecule has 0 spiro atoms. The number of rotatable bonds is 7. The number of hydrogen-bond donors (Lipinski definition) is 1. The summed E-state index contributed by atoms with van der Waals surface area (Å²) in [5, 5.41) is 12.1. The first-order valence-corrected chi connectivity index (χ1v) is 6.81. The summed E-state index contributed by atoms with van der Waals surface area (Å²) in [6.45, 7) is 9.21. The molecule has 0 atom stereocenters. The molecule has 1 aromatic carbocycles. The van der Waals surface area contributed by atoms with Gasteiger partial charge in [0.2, 0.25) is 0 Å². The summed E-state index contributed by atoms with van der Waals surface area (Å²) < 4.78 is 5.78. The number of ether oxygens (including phenoxy) is 1. The van der Waals surface area contributed by atoms with Crippen LogP contribution in [0.15, 0.2) is 24.3 Å². The van der Waals surface area contributed by atoms with Gasteiger partial charge in [0.1, 0.15) is 5.75 Å². The van der Waals surface area contributed by atoms with Crippen LogP contribution in [0.5, 0.6) is 5.75 Å². The summed E-state index contributed by atoms with van der Waals surface area (Å²) in [4.78, 5) is 0. The van der Waals surface area contributed by atoms with Gasteiger partial charge in [0, 0.05) is 13.0 Å². The van der Waals surface area contributed by atoms with E-state index < -0.39 is 0 Å². The van der Waals surface area contributed by atoms with E-state index in [-0.39, 0.29) is 11.5 Å². The van der Waals surface area contributed by atoms with E-state index in [1.54, 1.807) is 0 Å². The Morgan fingerprint density at radius 3 is 2.63 bits per heavy atom. The molecule has 0 bridgehead atoms. The first-order chi connectivity index (χ1) is 8.94. The molecule has 0 unspecified atom stereocenters. The quantitative estimate of drug-likeness (QED) is 0.798. The van der Waals surface area contributed by atoms with Gasteiger partial charge in [-0.2, -0.15) is 5.26 Å². The maximum Gasteiger partial charge on any atom is 0.142 e. The summed E-state index contributed by atoms with van der Waals surface area (Å²) in [6, 6.07) is 10.2. The van der Waals surface area contributed by atoms with Crippen molar-refractivity contribution in [3.8, 4) is 11.8 Å². The van der Waals surface area contributed by atoms with Crippen LogP contribution in [0.4, 0.5) is 5.69 Å². The van der Waals surface area contributed by atoms with Crippen molar-refractivity contribution in [3.05, 3.63) is 24.3 Å². The van der Waals surface area contributed by atoms with Crippen molar-refractivity contribution in [2.75, 3.05) is 11.9 Å². The maximum atomic E-state index is 8.67. The Bertz CT molecular complexity index is 433. The number of nitrogens with zero attached hydrogens (tertiary/aromatic N) is 1. The molecular formula is C16H24N2O. The summed E-state index contributed by atoms with van der Waals surface area (Å²) in [6.07, 6.45) is 1.65. The lowest BCUT2D eigenvalue weighted by atomic mass is 9.88. The molecule has 0 aliphatic heterocycles. The normalized spacial score (nSPS) is 11.2. The van der Waals surface area contributed by atoms with E-state index in [4.69, 9.17) is 10.00 Å². The molecular weight excluding hydrogens is 236 g/mol. The Hall–Kier alpha value is -1.69. The van der Waals surface area contributed by atoms with Crippen LogP contribution in [0, 0.1) is 16.7 Å². The van der Waals surface area contributed by atoms with E-state index in [1.165, 1.54) is 0 Å². The molecule has 0 amide bonds. The summed E-state index contributed by atoms with van der Waals surface area (Å²) >= 11 is 0. The molecule has 1 N–H and O–H groups in total. The largest absolute Gasteiger partial charge is 0.489 e. The number of nitriles is 1. The summed E-state index contributed by atoms with van der Waals surface area (Å²) in [7, 11) is 0. The minimum atomic E-state index is 0.0979. The van der Waals surface area contributed by atoms with Crippen molar-refractivity contribution in [2.24, 2.45) is 5.41 Å². The van der Waals surface area contributed by atoms with Crippen molar-refractivity contribution >= 4 is 5.69 Å². The van der Waals surface area contributed by atoms with Crippen LogP contribution in [0.25, 0.3) is 0 Å². The fourth-order valence-corrected chi connectivity index (χ4v) is 1.79. The Kier molecular flexibility index (Phi) is 5.69. The van der Waals surface area contributed by atoms with Crippen LogP contribution >= 0.6 is 0 Å². The zero-order valence-corrected chi connectivity index (χ0v) is 12.4. The molecule has 1 rings (SSSR count). The van der Waals surface area contributed by atoms with Gasteiger partial charge in [-0.1, -0.05) is 26.0 Å². The molecule has 0 saturated heterocycles. The first kappa shape index (κ1) is 15.4. The SMILES string of the molecule is CC(C)Oc1ccccc1NCC(C)(C)CCC#N. The van der Waals surface area contributed by atoms with Gasteiger partial charge in [-0.25, -0.2) is 0 Å². The van der Waals surface area contributed by atoms with E-state index in [2.05, 4.69) is 25.2 Å². The highest BCUT2D eigenvalue weighted by molar-refractivity contribution is 5.56. The number of nitrogens with one attached hydrogen (secondary N) is 1. The molecule has 3 heteroatoms. The van der Waals surface area contributed by atoms with E-state index in [0.717, 1.165) is 24.4 Å². The summed E-state index contributed by atoms with van der Waals surface area (Å²) in [5.41, 5.74) is 1.11. The van der Waals surface area contributed by atoms with E-state index in [1.807, 2.05) is 38.1 Å². The van der Waals surface area contributed by atoms with Gasteiger partial charge in [0.05, 0.1) is 17.9 Å². The first-order valence-electron chi connectivity index (χ1n) is 6.81. The minimum Gasteiger partial charge on any atom is -0.489 e. The highest BCUT2D eigenvalue weighted by Gasteiger charge is 2.17. The van der Waals surface area contributed by atoms with Crippen molar-refractivity contribution in [3.63, 3.8) is 0 Å². The predicted molar refractivity (Wildman–Crippen MR) is 79.3 cm³/mol. The second kappa shape index (κ2) is 7.04. The maximum absolute atomic E-state index is 8.67. The Balaban J connectivity index is 2.64. The third-order valence-electron chi connectivity index (χ3n) is 2.92. The van der Waals surface area contributed by atoms with Crippen LogP contribution in [0.3, 0.4) is 0 Å². The molecule has 0 aliphatic carbocycles. The van der Waals surface area contributed by atoms with E-state index >= 15 is 0 Å². The molecule has 0 radical (unpaired) electrons. The third kappa shape index (κ3) is 5.65. The van der Waals surface area contributed by atoms with Crippen LogP contribution in [-0.2, 0) is 0 Å². The van der Waals surface area contributed by atoms with Gasteiger partial charge >= 0.3 is 0 Å². The zero-order chi connectivity index (χ0) is 14.3. The van der Waals surface area contributed by atoms with Crippen LogP contribution in [-0.4, -0.2) is 12.6 Å².